The molecule has 7 heteroatoms. The van der Waals surface area contributed by atoms with Crippen LogP contribution in [0.25, 0.3) is 5.69 Å². The number of hydrogen-bond acceptors (Lipinski definition) is 6. The first-order chi connectivity index (χ1) is 16.3. The fourth-order valence-electron chi connectivity index (χ4n) is 3.66. The summed E-state index contributed by atoms with van der Waals surface area (Å²) >= 11 is 0. The molecular weight excluding hydrogens is 430 g/mol. The zero-order chi connectivity index (χ0) is 24.7. The summed E-state index contributed by atoms with van der Waals surface area (Å²) in [4.78, 5) is 2.21. The van der Waals surface area contributed by atoms with Crippen LogP contribution in [0.1, 0.15) is 39.0 Å². The highest BCUT2D eigenvalue weighted by Crippen LogP contribution is 2.36. The maximum atomic E-state index is 10.6. The maximum absolute atomic E-state index is 10.6. The van der Waals surface area contributed by atoms with Crippen molar-refractivity contribution in [2.24, 2.45) is 0 Å². The minimum Gasteiger partial charge on any atom is -0.493 e. The van der Waals surface area contributed by atoms with Crippen molar-refractivity contribution in [1.29, 1.82) is 0 Å². The number of aliphatic hydroxyl groups excluding tert-OH is 1. The van der Waals surface area contributed by atoms with Crippen molar-refractivity contribution >= 4 is 0 Å². The van der Waals surface area contributed by atoms with Crippen molar-refractivity contribution < 1.29 is 19.3 Å². The van der Waals surface area contributed by atoms with E-state index >= 15 is 0 Å². The Morgan fingerprint density at radius 1 is 0.971 bits per heavy atom. The van der Waals surface area contributed by atoms with Gasteiger partial charge < -0.3 is 19.3 Å². The third-order valence-corrected chi connectivity index (χ3v) is 5.57. The third-order valence-electron chi connectivity index (χ3n) is 5.57. The predicted molar refractivity (Wildman–Crippen MR) is 134 cm³/mol. The number of hydrogen-bond donors (Lipinski definition) is 1. The Bertz CT molecular complexity index is 1030. The van der Waals surface area contributed by atoms with Gasteiger partial charge in [-0.3, -0.25) is 4.90 Å². The van der Waals surface area contributed by atoms with Crippen LogP contribution in [0.3, 0.4) is 0 Å². The number of ether oxygens (including phenoxy) is 3. The van der Waals surface area contributed by atoms with Gasteiger partial charge in [-0.05, 0) is 58.9 Å². The molecule has 34 heavy (non-hydrogen) atoms. The summed E-state index contributed by atoms with van der Waals surface area (Å²) < 4.78 is 19.4. The van der Waals surface area contributed by atoms with Gasteiger partial charge in [0.25, 0.3) is 0 Å². The molecule has 1 aromatic heterocycles. The Morgan fingerprint density at radius 2 is 1.62 bits per heavy atom. The lowest BCUT2D eigenvalue weighted by Crippen LogP contribution is -2.39. The second-order valence-corrected chi connectivity index (χ2v) is 8.93. The second-order valence-electron chi connectivity index (χ2n) is 8.93. The van der Waals surface area contributed by atoms with E-state index in [2.05, 4.69) is 18.7 Å². The highest BCUT2D eigenvalue weighted by atomic mass is 16.5. The van der Waals surface area contributed by atoms with Crippen molar-refractivity contribution in [3.63, 3.8) is 0 Å². The van der Waals surface area contributed by atoms with Crippen LogP contribution in [0.2, 0.25) is 0 Å². The molecule has 3 aromatic rings. The Morgan fingerprint density at radius 3 is 2.24 bits per heavy atom. The summed E-state index contributed by atoms with van der Waals surface area (Å²) in [6.45, 7) is 11.5. The molecule has 0 saturated carbocycles. The fraction of sp³-hybridized carbons (Fsp3) is 0.444. The lowest BCUT2D eigenvalue weighted by atomic mass is 10.2. The number of aryl methyl sites for hydroxylation is 1. The van der Waals surface area contributed by atoms with Gasteiger partial charge in [-0.2, -0.15) is 5.10 Å². The molecule has 0 radical (unpaired) electrons. The van der Waals surface area contributed by atoms with E-state index in [4.69, 9.17) is 19.3 Å². The van der Waals surface area contributed by atoms with Crippen molar-refractivity contribution in [3.8, 4) is 23.1 Å². The topological polar surface area (TPSA) is 69.0 Å². The molecule has 0 amide bonds. The van der Waals surface area contributed by atoms with Crippen molar-refractivity contribution in [2.45, 2.75) is 59.4 Å². The molecule has 2 aromatic carbocycles. The average molecular weight is 468 g/mol. The monoisotopic (exact) mass is 467 g/mol. The van der Waals surface area contributed by atoms with Crippen molar-refractivity contribution in [1.82, 2.24) is 14.7 Å². The molecule has 0 fully saturated rings. The Balaban J connectivity index is 1.97. The first-order valence-corrected chi connectivity index (χ1v) is 11.8. The molecule has 1 N–H and O–H groups in total. The summed E-state index contributed by atoms with van der Waals surface area (Å²) in [6, 6.07) is 17.7. The van der Waals surface area contributed by atoms with E-state index in [0.717, 1.165) is 16.9 Å². The minimum absolute atomic E-state index is 0.0781. The van der Waals surface area contributed by atoms with Gasteiger partial charge >= 0.3 is 0 Å². The molecule has 0 spiro atoms. The number of aliphatic hydroxyl groups is 1. The quantitative estimate of drug-likeness (QED) is 0.405. The number of benzene rings is 2. The maximum Gasteiger partial charge on any atom is 0.227 e. The Labute approximate surface area is 202 Å². The first-order valence-electron chi connectivity index (χ1n) is 11.8. The lowest BCUT2D eigenvalue weighted by molar-refractivity contribution is -0.0137. The molecule has 1 unspecified atom stereocenters. The molecular formula is C27H37N3O4. The highest BCUT2D eigenvalue weighted by molar-refractivity contribution is 5.47. The van der Waals surface area contributed by atoms with E-state index in [-0.39, 0.29) is 12.1 Å². The van der Waals surface area contributed by atoms with Gasteiger partial charge in [-0.1, -0.05) is 30.3 Å². The summed E-state index contributed by atoms with van der Waals surface area (Å²) in [5.41, 5.74) is 2.73. The van der Waals surface area contributed by atoms with Crippen LogP contribution in [0.4, 0.5) is 0 Å². The van der Waals surface area contributed by atoms with E-state index in [0.29, 0.717) is 37.1 Å². The van der Waals surface area contributed by atoms with Crippen LogP contribution in [0.15, 0.2) is 54.6 Å². The van der Waals surface area contributed by atoms with Gasteiger partial charge in [-0.25, -0.2) is 4.68 Å². The largest absolute Gasteiger partial charge is 0.493 e. The molecule has 0 aliphatic rings. The zero-order valence-electron chi connectivity index (χ0n) is 21.1. The van der Waals surface area contributed by atoms with E-state index in [9.17, 15) is 5.11 Å². The fourth-order valence-corrected chi connectivity index (χ4v) is 3.66. The van der Waals surface area contributed by atoms with E-state index in [1.54, 1.807) is 7.11 Å². The Hall–Kier alpha value is -2.87. The van der Waals surface area contributed by atoms with Crippen LogP contribution >= 0.6 is 0 Å². The van der Waals surface area contributed by atoms with E-state index < -0.39 is 6.10 Å². The van der Waals surface area contributed by atoms with Crippen LogP contribution in [-0.4, -0.2) is 58.3 Å². The number of para-hydroxylation sites is 3. The van der Waals surface area contributed by atoms with Gasteiger partial charge in [-0.15, -0.1) is 0 Å². The van der Waals surface area contributed by atoms with Gasteiger partial charge in [0.2, 0.25) is 5.88 Å². The number of aromatic nitrogens is 2. The summed E-state index contributed by atoms with van der Waals surface area (Å²) in [5, 5.41) is 15.4. The summed E-state index contributed by atoms with van der Waals surface area (Å²) in [7, 11) is 1.63. The molecule has 1 atom stereocenters. The van der Waals surface area contributed by atoms with Crippen LogP contribution in [-0.2, 0) is 11.3 Å². The molecule has 0 aliphatic heterocycles. The second kappa shape index (κ2) is 12.0. The van der Waals surface area contributed by atoms with Gasteiger partial charge in [0.05, 0.1) is 42.9 Å². The highest BCUT2D eigenvalue weighted by Gasteiger charge is 2.24. The molecule has 1 heterocycles. The zero-order valence-corrected chi connectivity index (χ0v) is 21.1. The standard InChI is InChI=1S/C27H37N3O4/c1-19(2)29(16-23(31)18-33-20(3)4)17-24-21(5)28-30(22-12-8-7-9-13-22)27(24)34-26-15-11-10-14-25(26)32-6/h7-15,19-20,23,31H,16-18H2,1-6H3. The lowest BCUT2D eigenvalue weighted by Gasteiger charge is -2.29. The average Bonchev–Trinajstić information content (AvgIpc) is 3.13. The predicted octanol–water partition coefficient (Wildman–Crippen LogP) is 4.98. The normalized spacial score (nSPS) is 12.5. The summed E-state index contributed by atoms with van der Waals surface area (Å²) in [6.07, 6.45) is -0.512. The molecule has 0 saturated heterocycles. The molecule has 184 valence electrons. The van der Waals surface area contributed by atoms with E-state index in [1.165, 1.54) is 0 Å². The molecule has 3 rings (SSSR count). The number of nitrogens with zero attached hydrogens (tertiary/aromatic N) is 3. The van der Waals surface area contributed by atoms with Crippen molar-refractivity contribution in [3.05, 3.63) is 65.9 Å². The first kappa shape index (κ1) is 25.7. The van der Waals surface area contributed by atoms with Crippen molar-refractivity contribution in [2.75, 3.05) is 20.3 Å². The smallest absolute Gasteiger partial charge is 0.227 e. The summed E-state index contributed by atoms with van der Waals surface area (Å²) in [5.74, 6) is 1.89. The number of rotatable bonds is 12. The molecule has 7 nitrogen and oxygen atoms in total. The van der Waals surface area contributed by atoms with Gasteiger partial charge in [0.15, 0.2) is 11.5 Å². The minimum atomic E-state index is -0.590. The number of methoxy groups -OCH3 is 1. The third kappa shape index (κ3) is 6.59. The Kier molecular flexibility index (Phi) is 9.10. The van der Waals surface area contributed by atoms with Crippen LogP contribution in [0.5, 0.6) is 17.4 Å². The SMILES string of the molecule is COc1ccccc1Oc1c(CN(CC(O)COC(C)C)C(C)C)c(C)nn1-c1ccccc1. The molecule has 0 bridgehead atoms. The molecule has 0 aliphatic carbocycles. The van der Waals surface area contributed by atoms with Crippen LogP contribution in [0, 0.1) is 6.92 Å². The van der Waals surface area contributed by atoms with Crippen LogP contribution < -0.4 is 9.47 Å². The van der Waals surface area contributed by atoms with Gasteiger partial charge in [0.1, 0.15) is 0 Å². The van der Waals surface area contributed by atoms with E-state index in [1.807, 2.05) is 80.1 Å². The van der Waals surface area contributed by atoms with Gasteiger partial charge in [0, 0.05) is 19.1 Å².